The number of rotatable bonds is 5. The van der Waals surface area contributed by atoms with Crippen LogP contribution in [0.1, 0.15) is 16.7 Å². The highest BCUT2D eigenvalue weighted by atomic mass is 15.0. The van der Waals surface area contributed by atoms with Crippen LogP contribution >= 0.6 is 0 Å². The van der Waals surface area contributed by atoms with Gasteiger partial charge in [0.05, 0.1) is 51.6 Å². The molecule has 0 bridgehead atoms. The molecule has 0 amide bonds. The molecule has 0 atom stereocenters. The summed E-state index contributed by atoms with van der Waals surface area (Å²) in [4.78, 5) is 4.08. The Hall–Kier alpha value is -7.66. The molecule has 10 aromatic rings. The standard InChI is InChI=1S/C52H34N4/c1-33-13-12-14-34(2)51(33)56-46-20-11-10-19-40(46)41-24-28-49(50(52(41)56)44-29-35(32-53)21-25-45(44)54-3)55-47-26-22-38(36-15-6-4-7-16-36)30-42(47)43-31-39(23-27-48(43)55)37-17-8-5-9-18-37/h4-31H,1-2H3. The zero-order valence-corrected chi connectivity index (χ0v) is 31.0. The van der Waals surface area contributed by atoms with E-state index in [2.05, 4.69) is 173 Å². The van der Waals surface area contributed by atoms with Crippen molar-refractivity contribution in [1.29, 1.82) is 5.26 Å². The molecule has 4 nitrogen and oxygen atoms in total. The highest BCUT2D eigenvalue weighted by molar-refractivity contribution is 6.18. The minimum Gasteiger partial charge on any atom is -0.309 e. The van der Waals surface area contributed by atoms with Gasteiger partial charge in [0, 0.05) is 27.1 Å². The summed E-state index contributed by atoms with van der Waals surface area (Å²) in [5.41, 5.74) is 15.8. The highest BCUT2D eigenvalue weighted by Gasteiger charge is 2.25. The van der Waals surface area contributed by atoms with E-state index in [9.17, 15) is 5.26 Å². The van der Waals surface area contributed by atoms with Gasteiger partial charge in [-0.2, -0.15) is 5.26 Å². The van der Waals surface area contributed by atoms with Gasteiger partial charge < -0.3 is 9.13 Å². The summed E-state index contributed by atoms with van der Waals surface area (Å²) in [6.45, 7) is 12.7. The lowest BCUT2D eigenvalue weighted by Crippen LogP contribution is -2.04. The average Bonchev–Trinajstić information content (AvgIpc) is 3.75. The summed E-state index contributed by atoms with van der Waals surface area (Å²) in [6.07, 6.45) is 0. The predicted molar refractivity (Wildman–Crippen MR) is 232 cm³/mol. The minimum absolute atomic E-state index is 0.495. The molecule has 0 unspecified atom stereocenters. The Bertz CT molecular complexity index is 3160. The number of nitrogens with zero attached hydrogens (tertiary/aromatic N) is 4. The molecule has 4 heteroatoms. The van der Waals surface area contributed by atoms with Crippen LogP contribution in [0.4, 0.5) is 5.69 Å². The Labute approximate surface area is 325 Å². The molecule has 0 N–H and O–H groups in total. The van der Waals surface area contributed by atoms with E-state index in [1.807, 2.05) is 18.2 Å². The van der Waals surface area contributed by atoms with Gasteiger partial charge in [0.2, 0.25) is 0 Å². The third-order valence-electron chi connectivity index (χ3n) is 11.2. The molecule has 0 aliphatic carbocycles. The molecule has 0 saturated carbocycles. The average molecular weight is 715 g/mol. The maximum atomic E-state index is 10.2. The first-order valence-corrected chi connectivity index (χ1v) is 18.8. The van der Waals surface area contributed by atoms with Gasteiger partial charge in [-0.15, -0.1) is 0 Å². The Morgan fingerprint density at radius 1 is 0.500 bits per heavy atom. The number of para-hydroxylation sites is 2. The van der Waals surface area contributed by atoms with Gasteiger partial charge in [0.25, 0.3) is 0 Å². The van der Waals surface area contributed by atoms with Crippen LogP contribution in [0.2, 0.25) is 0 Å². The van der Waals surface area contributed by atoms with Gasteiger partial charge >= 0.3 is 0 Å². The van der Waals surface area contributed by atoms with Gasteiger partial charge in [-0.3, -0.25) is 0 Å². The number of hydrogen-bond acceptors (Lipinski definition) is 1. The van der Waals surface area contributed by atoms with Gasteiger partial charge in [-0.05, 0) is 95.3 Å². The van der Waals surface area contributed by atoms with Crippen LogP contribution < -0.4 is 0 Å². The number of benzene rings is 8. The first-order chi connectivity index (χ1) is 27.5. The Morgan fingerprint density at radius 2 is 1.09 bits per heavy atom. The summed E-state index contributed by atoms with van der Waals surface area (Å²) in [6, 6.07) is 61.8. The topological polar surface area (TPSA) is 38.0 Å². The van der Waals surface area contributed by atoms with E-state index in [0.29, 0.717) is 11.3 Å². The van der Waals surface area contributed by atoms with Crippen LogP contribution in [-0.4, -0.2) is 9.13 Å². The second kappa shape index (κ2) is 13.0. The van der Waals surface area contributed by atoms with Gasteiger partial charge in [-0.1, -0.05) is 127 Å². The van der Waals surface area contributed by atoms with E-state index in [4.69, 9.17) is 6.57 Å². The lowest BCUT2D eigenvalue weighted by molar-refractivity contribution is 1.11. The molecule has 10 rings (SSSR count). The third-order valence-corrected chi connectivity index (χ3v) is 11.2. The molecule has 0 saturated heterocycles. The van der Waals surface area contributed by atoms with Crippen LogP contribution in [-0.2, 0) is 0 Å². The quantitative estimate of drug-likeness (QED) is 0.164. The second-order valence-electron chi connectivity index (χ2n) is 14.4. The van der Waals surface area contributed by atoms with Crippen molar-refractivity contribution in [1.82, 2.24) is 9.13 Å². The first kappa shape index (κ1) is 32.9. The third kappa shape index (κ3) is 5.05. The molecule has 8 aromatic carbocycles. The van der Waals surface area contributed by atoms with E-state index in [0.717, 1.165) is 99.5 Å². The van der Waals surface area contributed by atoms with E-state index in [-0.39, 0.29) is 0 Å². The molecule has 0 radical (unpaired) electrons. The van der Waals surface area contributed by atoms with Crippen molar-refractivity contribution in [2.75, 3.05) is 0 Å². The normalized spacial score (nSPS) is 11.4. The lowest BCUT2D eigenvalue weighted by atomic mass is 9.96. The molecular formula is C52H34N4. The van der Waals surface area contributed by atoms with E-state index < -0.39 is 0 Å². The smallest absolute Gasteiger partial charge is 0.195 e. The first-order valence-electron chi connectivity index (χ1n) is 18.8. The fourth-order valence-electron chi connectivity index (χ4n) is 8.70. The molecule has 2 heterocycles. The summed E-state index contributed by atoms with van der Waals surface area (Å²) >= 11 is 0. The predicted octanol–water partition coefficient (Wildman–Crippen LogP) is 13.9. The number of aromatic nitrogens is 2. The Morgan fingerprint density at radius 3 is 1.70 bits per heavy atom. The van der Waals surface area contributed by atoms with Crippen molar-refractivity contribution in [3.63, 3.8) is 0 Å². The maximum Gasteiger partial charge on any atom is 0.195 e. The minimum atomic E-state index is 0.495. The van der Waals surface area contributed by atoms with Crippen LogP contribution in [0.15, 0.2) is 170 Å². The zero-order valence-electron chi connectivity index (χ0n) is 31.0. The molecule has 2 aromatic heterocycles. The summed E-state index contributed by atoms with van der Waals surface area (Å²) in [5, 5.41) is 14.7. The van der Waals surface area contributed by atoms with Crippen molar-refractivity contribution < 1.29 is 0 Å². The van der Waals surface area contributed by atoms with E-state index in [1.54, 1.807) is 12.1 Å². The van der Waals surface area contributed by atoms with Gasteiger partial charge in [-0.25, -0.2) is 4.85 Å². The van der Waals surface area contributed by atoms with E-state index >= 15 is 0 Å². The second-order valence-corrected chi connectivity index (χ2v) is 14.4. The molecule has 262 valence electrons. The lowest BCUT2D eigenvalue weighted by Gasteiger charge is -2.21. The molecule has 56 heavy (non-hydrogen) atoms. The van der Waals surface area contributed by atoms with Gasteiger partial charge in [0.1, 0.15) is 0 Å². The largest absolute Gasteiger partial charge is 0.309 e. The van der Waals surface area contributed by atoms with Crippen molar-refractivity contribution in [2.24, 2.45) is 0 Å². The molecular weight excluding hydrogens is 681 g/mol. The summed E-state index contributed by atoms with van der Waals surface area (Å²) in [5.74, 6) is 0. The molecule has 0 aliphatic heterocycles. The number of aryl methyl sites for hydroxylation is 2. The maximum absolute atomic E-state index is 10.2. The number of hydrogen-bond donors (Lipinski definition) is 0. The summed E-state index contributed by atoms with van der Waals surface area (Å²) < 4.78 is 4.75. The molecule has 0 fully saturated rings. The number of fused-ring (bicyclic) bond motifs is 6. The van der Waals surface area contributed by atoms with Crippen molar-refractivity contribution in [2.45, 2.75) is 13.8 Å². The Balaban J connectivity index is 1.41. The fraction of sp³-hybridized carbons (Fsp3) is 0.0385. The van der Waals surface area contributed by atoms with Crippen LogP contribution in [0.25, 0.3) is 93.2 Å². The Kier molecular flexibility index (Phi) is 7.66. The monoisotopic (exact) mass is 714 g/mol. The number of nitriles is 1. The van der Waals surface area contributed by atoms with Crippen molar-refractivity contribution in [3.05, 3.63) is 198 Å². The van der Waals surface area contributed by atoms with Crippen LogP contribution in [0.3, 0.4) is 0 Å². The van der Waals surface area contributed by atoms with Crippen LogP contribution in [0.5, 0.6) is 0 Å². The van der Waals surface area contributed by atoms with E-state index in [1.165, 1.54) is 0 Å². The van der Waals surface area contributed by atoms with Gasteiger partial charge in [0.15, 0.2) is 5.69 Å². The zero-order chi connectivity index (χ0) is 37.9. The van der Waals surface area contributed by atoms with Crippen molar-refractivity contribution >= 4 is 49.3 Å². The fourth-order valence-corrected chi connectivity index (χ4v) is 8.70. The van der Waals surface area contributed by atoms with Crippen LogP contribution in [0, 0.1) is 31.8 Å². The SMILES string of the molecule is [C-]#[N+]c1ccc(C#N)cc1-c1c(-n2c3ccc(-c4ccccc4)cc3c3cc(-c4ccccc4)ccc32)ccc2c3ccccc3n(-c3c(C)cccc3C)c12. The molecule has 0 spiro atoms. The van der Waals surface area contributed by atoms with Crippen molar-refractivity contribution in [3.8, 4) is 50.8 Å². The summed E-state index contributed by atoms with van der Waals surface area (Å²) in [7, 11) is 0. The highest BCUT2D eigenvalue weighted by Crippen LogP contribution is 2.47. The molecule has 0 aliphatic rings.